The number of hydrogen-bond donors (Lipinski definition) is 0. The molecule has 0 heteroatoms. The molecule has 0 N–H and O–H groups in total. The second-order valence-corrected chi connectivity index (χ2v) is 4.37. The summed E-state index contributed by atoms with van der Waals surface area (Å²) in [5.74, 6) is 1.10. The molecule has 0 amide bonds. The predicted molar refractivity (Wildman–Crippen MR) is 55.3 cm³/mol. The Kier molecular flexibility index (Phi) is 3.61. The van der Waals surface area contributed by atoms with Crippen LogP contribution in [0, 0.1) is 11.3 Å². The van der Waals surface area contributed by atoms with Crippen LogP contribution in [0.5, 0.6) is 0 Å². The maximum Gasteiger partial charge on any atom is -0.0295 e. The summed E-state index contributed by atoms with van der Waals surface area (Å²) in [6.07, 6.45) is 10.7. The van der Waals surface area contributed by atoms with Crippen molar-refractivity contribution in [2.24, 2.45) is 11.3 Å². The van der Waals surface area contributed by atoms with Crippen LogP contribution >= 0.6 is 0 Å². The first-order chi connectivity index (χ1) is 5.85. The minimum absolute atomic E-state index is 0.890. The van der Waals surface area contributed by atoms with Crippen LogP contribution in [-0.2, 0) is 0 Å². The van der Waals surface area contributed by atoms with Crippen LogP contribution in [0.4, 0.5) is 0 Å². The zero-order valence-electron chi connectivity index (χ0n) is 9.03. The molecule has 2 fully saturated rings. The Hall–Kier alpha value is 0. The molecule has 1 atom stereocenters. The standard InChI is InChI=1S/C10H18.C2H6/c1-2-9-4-7-10(8-9)5-3-6-10;1-2/h9H,2-8H2,1H3;1-2H3. The highest BCUT2D eigenvalue weighted by Crippen LogP contribution is 2.55. The first-order valence-corrected chi connectivity index (χ1v) is 5.85. The van der Waals surface area contributed by atoms with Crippen molar-refractivity contribution >= 4 is 0 Å². The first-order valence-electron chi connectivity index (χ1n) is 5.85. The smallest absolute Gasteiger partial charge is 0.0295 e. The van der Waals surface area contributed by atoms with Crippen LogP contribution in [-0.4, -0.2) is 0 Å². The molecule has 1 spiro atoms. The third kappa shape index (κ3) is 1.84. The summed E-state index contributed by atoms with van der Waals surface area (Å²) >= 11 is 0. The Labute approximate surface area is 77.7 Å². The van der Waals surface area contributed by atoms with Crippen molar-refractivity contribution in [2.75, 3.05) is 0 Å². The SMILES string of the molecule is CC.CCC1CCC2(CCC2)C1. The molecule has 0 aromatic heterocycles. The second kappa shape index (κ2) is 4.30. The van der Waals surface area contributed by atoms with Crippen LogP contribution in [0.25, 0.3) is 0 Å². The van der Waals surface area contributed by atoms with E-state index < -0.39 is 0 Å². The molecular formula is C12H24. The maximum atomic E-state index is 2.35. The average molecular weight is 168 g/mol. The zero-order chi connectivity index (χ0) is 9.03. The predicted octanol–water partition coefficient (Wildman–Crippen LogP) is 4.39. The van der Waals surface area contributed by atoms with Crippen LogP contribution < -0.4 is 0 Å². The fraction of sp³-hybridized carbons (Fsp3) is 1.00. The van der Waals surface area contributed by atoms with E-state index in [0.717, 1.165) is 11.3 Å². The number of rotatable bonds is 1. The molecule has 0 nitrogen and oxygen atoms in total. The maximum absolute atomic E-state index is 2.35. The van der Waals surface area contributed by atoms with Gasteiger partial charge in [-0.15, -0.1) is 0 Å². The molecule has 0 radical (unpaired) electrons. The van der Waals surface area contributed by atoms with E-state index in [-0.39, 0.29) is 0 Å². The highest BCUT2D eigenvalue weighted by atomic mass is 14.5. The van der Waals surface area contributed by atoms with Crippen molar-refractivity contribution in [1.82, 2.24) is 0 Å². The fourth-order valence-electron chi connectivity index (χ4n) is 2.81. The molecule has 2 saturated carbocycles. The lowest BCUT2D eigenvalue weighted by atomic mass is 9.67. The third-order valence-corrected chi connectivity index (χ3v) is 3.80. The number of hydrogen-bond acceptors (Lipinski definition) is 0. The lowest BCUT2D eigenvalue weighted by molar-refractivity contribution is 0.136. The van der Waals surface area contributed by atoms with Crippen LogP contribution in [0.1, 0.15) is 65.7 Å². The molecule has 1 unspecified atom stereocenters. The van der Waals surface area contributed by atoms with Gasteiger partial charge in [0.05, 0.1) is 0 Å². The van der Waals surface area contributed by atoms with Gasteiger partial charge >= 0.3 is 0 Å². The molecule has 0 heterocycles. The van der Waals surface area contributed by atoms with Gasteiger partial charge in [0.15, 0.2) is 0 Å². The van der Waals surface area contributed by atoms with E-state index in [0.29, 0.717) is 0 Å². The summed E-state index contributed by atoms with van der Waals surface area (Å²) in [5.41, 5.74) is 0.890. The molecule has 0 aromatic carbocycles. The molecule has 2 aliphatic carbocycles. The Balaban J connectivity index is 0.000000336. The summed E-state index contributed by atoms with van der Waals surface area (Å²) in [5, 5.41) is 0. The first kappa shape index (κ1) is 10.1. The lowest BCUT2D eigenvalue weighted by Gasteiger charge is -2.38. The van der Waals surface area contributed by atoms with Gasteiger partial charge in [0, 0.05) is 0 Å². The highest BCUT2D eigenvalue weighted by molar-refractivity contribution is 4.94. The van der Waals surface area contributed by atoms with Crippen molar-refractivity contribution in [1.29, 1.82) is 0 Å². The Morgan fingerprint density at radius 1 is 1.17 bits per heavy atom. The van der Waals surface area contributed by atoms with Gasteiger partial charge < -0.3 is 0 Å². The lowest BCUT2D eigenvalue weighted by Crippen LogP contribution is -2.25. The van der Waals surface area contributed by atoms with Crippen molar-refractivity contribution in [2.45, 2.75) is 65.7 Å². The third-order valence-electron chi connectivity index (χ3n) is 3.80. The van der Waals surface area contributed by atoms with Crippen molar-refractivity contribution < 1.29 is 0 Å². The second-order valence-electron chi connectivity index (χ2n) is 4.37. The van der Waals surface area contributed by atoms with Crippen molar-refractivity contribution in [3.63, 3.8) is 0 Å². The minimum atomic E-state index is 0.890. The summed E-state index contributed by atoms with van der Waals surface area (Å²) in [7, 11) is 0. The van der Waals surface area contributed by atoms with Crippen LogP contribution in [0.15, 0.2) is 0 Å². The van der Waals surface area contributed by atoms with Crippen molar-refractivity contribution in [3.8, 4) is 0 Å². The average Bonchev–Trinajstić information content (AvgIpc) is 2.51. The van der Waals surface area contributed by atoms with E-state index in [1.54, 1.807) is 25.7 Å². The van der Waals surface area contributed by atoms with Gasteiger partial charge in [0.25, 0.3) is 0 Å². The van der Waals surface area contributed by atoms with E-state index >= 15 is 0 Å². The molecule has 0 bridgehead atoms. The quantitative estimate of drug-likeness (QED) is 0.544. The van der Waals surface area contributed by atoms with E-state index in [1.807, 2.05) is 13.8 Å². The van der Waals surface area contributed by atoms with E-state index in [4.69, 9.17) is 0 Å². The normalized spacial score (nSPS) is 30.8. The molecule has 0 aromatic rings. The molecule has 0 saturated heterocycles. The van der Waals surface area contributed by atoms with E-state index in [2.05, 4.69) is 6.92 Å². The molecule has 0 aliphatic heterocycles. The monoisotopic (exact) mass is 168 g/mol. The van der Waals surface area contributed by atoms with Gasteiger partial charge in [-0.1, -0.05) is 33.6 Å². The van der Waals surface area contributed by atoms with Gasteiger partial charge in [-0.05, 0) is 43.4 Å². The Morgan fingerprint density at radius 3 is 2.08 bits per heavy atom. The molecule has 2 aliphatic rings. The van der Waals surface area contributed by atoms with E-state index in [1.165, 1.54) is 19.3 Å². The van der Waals surface area contributed by atoms with Crippen LogP contribution in [0.2, 0.25) is 0 Å². The zero-order valence-corrected chi connectivity index (χ0v) is 9.03. The van der Waals surface area contributed by atoms with Gasteiger partial charge in [0.2, 0.25) is 0 Å². The molecule has 72 valence electrons. The van der Waals surface area contributed by atoms with Crippen LogP contribution in [0.3, 0.4) is 0 Å². The summed E-state index contributed by atoms with van der Waals surface area (Å²) in [6, 6.07) is 0. The van der Waals surface area contributed by atoms with E-state index in [9.17, 15) is 0 Å². The molecule has 2 rings (SSSR count). The topological polar surface area (TPSA) is 0 Å². The van der Waals surface area contributed by atoms with Gasteiger partial charge in [0.1, 0.15) is 0 Å². The Morgan fingerprint density at radius 2 is 1.83 bits per heavy atom. The largest absolute Gasteiger partial charge is 0.0683 e. The Bertz CT molecular complexity index is 122. The summed E-state index contributed by atoms with van der Waals surface area (Å²) < 4.78 is 0. The van der Waals surface area contributed by atoms with Gasteiger partial charge in [-0.2, -0.15) is 0 Å². The van der Waals surface area contributed by atoms with Gasteiger partial charge in [-0.25, -0.2) is 0 Å². The van der Waals surface area contributed by atoms with Gasteiger partial charge in [-0.3, -0.25) is 0 Å². The fourth-order valence-corrected chi connectivity index (χ4v) is 2.81. The molecular weight excluding hydrogens is 144 g/mol. The minimum Gasteiger partial charge on any atom is -0.0683 e. The van der Waals surface area contributed by atoms with Crippen molar-refractivity contribution in [3.05, 3.63) is 0 Å². The highest BCUT2D eigenvalue weighted by Gasteiger charge is 2.42. The summed E-state index contributed by atoms with van der Waals surface area (Å²) in [4.78, 5) is 0. The summed E-state index contributed by atoms with van der Waals surface area (Å²) in [6.45, 7) is 6.35. The molecule has 12 heavy (non-hydrogen) atoms.